The number of rotatable bonds is 6. The quantitative estimate of drug-likeness (QED) is 0.351. The van der Waals surface area contributed by atoms with Gasteiger partial charge >= 0.3 is 0 Å². The van der Waals surface area contributed by atoms with Gasteiger partial charge in [-0.05, 0) is 40.2 Å². The molecule has 0 amide bonds. The summed E-state index contributed by atoms with van der Waals surface area (Å²) in [6, 6.07) is 11.6. The number of methoxy groups -OCH3 is 1. The van der Waals surface area contributed by atoms with Crippen molar-refractivity contribution in [1.82, 2.24) is 4.98 Å². The molecule has 122 valence electrons. The normalized spacial score (nSPS) is 10.8. The van der Waals surface area contributed by atoms with Crippen LogP contribution in [-0.2, 0) is 4.84 Å². The van der Waals surface area contributed by atoms with Gasteiger partial charge in [0.15, 0.2) is 12.4 Å². The molecule has 8 heteroatoms. The Balaban J connectivity index is 2.02. The molecule has 0 saturated carbocycles. The van der Waals surface area contributed by atoms with Gasteiger partial charge in [-0.2, -0.15) is 5.26 Å². The van der Waals surface area contributed by atoms with Crippen LogP contribution in [0.3, 0.4) is 0 Å². The van der Waals surface area contributed by atoms with E-state index in [9.17, 15) is 4.79 Å². The highest BCUT2D eigenvalue weighted by molar-refractivity contribution is 9.10. The zero-order chi connectivity index (χ0) is 17.5. The summed E-state index contributed by atoms with van der Waals surface area (Å²) < 4.78 is 5.74. The molecule has 0 spiro atoms. The Bertz CT molecular complexity index is 830. The van der Waals surface area contributed by atoms with E-state index in [0.717, 1.165) is 0 Å². The Labute approximate surface area is 146 Å². The lowest BCUT2D eigenvalue weighted by molar-refractivity contribution is 0.0775. The molecule has 1 heterocycles. The highest BCUT2D eigenvalue weighted by Crippen LogP contribution is 2.21. The number of ketones is 1. The van der Waals surface area contributed by atoms with Crippen molar-refractivity contribution in [2.75, 3.05) is 13.7 Å². The second kappa shape index (κ2) is 8.08. The first-order chi connectivity index (χ1) is 11.5. The van der Waals surface area contributed by atoms with Crippen LogP contribution in [0.15, 0.2) is 46.0 Å². The van der Waals surface area contributed by atoms with Crippen LogP contribution in [-0.4, -0.2) is 30.3 Å². The van der Waals surface area contributed by atoms with E-state index in [-0.39, 0.29) is 18.2 Å². The molecule has 1 aromatic carbocycles. The molecule has 0 fully saturated rings. The SMILES string of the molecule is COc1nc(/C(N)=N/OCC(=O)c2cccc(C#N)c2)ccc1Br. The average molecular weight is 389 g/mol. The maximum absolute atomic E-state index is 12.0. The summed E-state index contributed by atoms with van der Waals surface area (Å²) in [5.41, 5.74) is 6.90. The van der Waals surface area contributed by atoms with Gasteiger partial charge in [0.1, 0.15) is 5.69 Å². The predicted molar refractivity (Wildman–Crippen MR) is 90.7 cm³/mol. The summed E-state index contributed by atoms with van der Waals surface area (Å²) in [5.74, 6) is 0.0550. The highest BCUT2D eigenvalue weighted by Gasteiger charge is 2.09. The predicted octanol–water partition coefficient (Wildman–Crippen LogP) is 2.24. The van der Waals surface area contributed by atoms with Crippen molar-refractivity contribution < 1.29 is 14.4 Å². The Morgan fingerprint density at radius 1 is 1.42 bits per heavy atom. The number of carbonyl (C=O) groups is 1. The molecule has 2 N–H and O–H groups in total. The molecule has 0 aliphatic carbocycles. The van der Waals surface area contributed by atoms with Crippen molar-refractivity contribution >= 4 is 27.5 Å². The number of hydrogen-bond acceptors (Lipinski definition) is 6. The number of benzene rings is 1. The topological polar surface area (TPSA) is 111 Å². The molecule has 0 bridgehead atoms. The second-order valence-electron chi connectivity index (χ2n) is 4.55. The van der Waals surface area contributed by atoms with E-state index in [0.29, 0.717) is 27.2 Å². The van der Waals surface area contributed by atoms with Crippen LogP contribution in [0.2, 0.25) is 0 Å². The minimum atomic E-state index is -0.315. The number of amidine groups is 1. The highest BCUT2D eigenvalue weighted by atomic mass is 79.9. The first-order valence-corrected chi connectivity index (χ1v) is 7.54. The van der Waals surface area contributed by atoms with E-state index in [4.69, 9.17) is 20.6 Å². The molecule has 0 aliphatic rings. The van der Waals surface area contributed by atoms with Gasteiger partial charge < -0.3 is 15.3 Å². The lowest BCUT2D eigenvalue weighted by atomic mass is 10.1. The Morgan fingerprint density at radius 2 is 2.21 bits per heavy atom. The Hall–Kier alpha value is -2.92. The number of carbonyl (C=O) groups excluding carboxylic acids is 1. The molecule has 1 aromatic heterocycles. The van der Waals surface area contributed by atoms with Gasteiger partial charge in [-0.15, -0.1) is 0 Å². The third kappa shape index (κ3) is 4.30. The number of halogens is 1. The fourth-order valence-electron chi connectivity index (χ4n) is 1.76. The zero-order valence-electron chi connectivity index (χ0n) is 12.7. The molecule has 0 radical (unpaired) electrons. The van der Waals surface area contributed by atoms with E-state index < -0.39 is 0 Å². The maximum atomic E-state index is 12.0. The smallest absolute Gasteiger partial charge is 0.228 e. The number of Topliss-reactive ketones (excluding diaryl/α,β-unsaturated/α-hetero) is 1. The van der Waals surface area contributed by atoms with E-state index in [2.05, 4.69) is 26.1 Å². The van der Waals surface area contributed by atoms with E-state index in [1.54, 1.807) is 30.3 Å². The minimum Gasteiger partial charge on any atom is -0.480 e. The third-order valence-electron chi connectivity index (χ3n) is 2.94. The van der Waals surface area contributed by atoms with Crippen molar-refractivity contribution in [1.29, 1.82) is 5.26 Å². The molecule has 0 atom stereocenters. The van der Waals surface area contributed by atoms with Crippen LogP contribution in [0.25, 0.3) is 0 Å². The summed E-state index contributed by atoms with van der Waals surface area (Å²) >= 11 is 3.28. The van der Waals surface area contributed by atoms with Crippen LogP contribution in [0.5, 0.6) is 5.88 Å². The largest absolute Gasteiger partial charge is 0.480 e. The van der Waals surface area contributed by atoms with Crippen molar-refractivity contribution in [2.24, 2.45) is 10.9 Å². The maximum Gasteiger partial charge on any atom is 0.228 e. The number of ether oxygens (including phenoxy) is 1. The van der Waals surface area contributed by atoms with Crippen molar-refractivity contribution in [2.45, 2.75) is 0 Å². The van der Waals surface area contributed by atoms with E-state index >= 15 is 0 Å². The second-order valence-corrected chi connectivity index (χ2v) is 5.41. The number of aromatic nitrogens is 1. The third-order valence-corrected chi connectivity index (χ3v) is 3.55. The first-order valence-electron chi connectivity index (χ1n) is 6.75. The number of pyridine rings is 1. The molecular weight excluding hydrogens is 376 g/mol. The van der Waals surface area contributed by atoms with E-state index in [1.165, 1.54) is 13.2 Å². The van der Waals surface area contributed by atoms with Crippen molar-refractivity contribution in [3.63, 3.8) is 0 Å². The van der Waals surface area contributed by atoms with Gasteiger partial charge in [-0.3, -0.25) is 4.79 Å². The number of nitrogens with zero attached hydrogens (tertiary/aromatic N) is 3. The summed E-state index contributed by atoms with van der Waals surface area (Å²) in [6.45, 7) is -0.302. The molecule has 2 rings (SSSR count). The Kier molecular flexibility index (Phi) is 5.87. The van der Waals surface area contributed by atoms with Crippen LogP contribution in [0.1, 0.15) is 21.6 Å². The lowest BCUT2D eigenvalue weighted by Crippen LogP contribution is -2.17. The van der Waals surface area contributed by atoms with Crippen molar-refractivity contribution in [3.8, 4) is 11.9 Å². The van der Waals surface area contributed by atoms with E-state index in [1.807, 2.05) is 6.07 Å². The molecule has 7 nitrogen and oxygen atoms in total. The molecule has 0 unspecified atom stereocenters. The fourth-order valence-corrected chi connectivity index (χ4v) is 2.14. The monoisotopic (exact) mass is 388 g/mol. The number of nitriles is 1. The summed E-state index contributed by atoms with van der Waals surface area (Å²) in [5, 5.41) is 12.5. The van der Waals surface area contributed by atoms with Gasteiger partial charge in [0, 0.05) is 5.56 Å². The van der Waals surface area contributed by atoms with Crippen LogP contribution >= 0.6 is 15.9 Å². The average Bonchev–Trinajstić information content (AvgIpc) is 2.61. The molecular formula is C16H13BrN4O3. The summed E-state index contributed by atoms with van der Waals surface area (Å²) in [7, 11) is 1.48. The molecule has 2 aromatic rings. The molecule has 0 aliphatic heterocycles. The van der Waals surface area contributed by atoms with Crippen LogP contribution < -0.4 is 10.5 Å². The van der Waals surface area contributed by atoms with Gasteiger partial charge in [-0.1, -0.05) is 17.3 Å². The van der Waals surface area contributed by atoms with Crippen LogP contribution in [0, 0.1) is 11.3 Å². The summed E-state index contributed by atoms with van der Waals surface area (Å²) in [4.78, 5) is 21.1. The Morgan fingerprint density at radius 3 is 2.92 bits per heavy atom. The van der Waals surface area contributed by atoms with Gasteiger partial charge in [-0.25, -0.2) is 4.98 Å². The molecule has 24 heavy (non-hydrogen) atoms. The van der Waals surface area contributed by atoms with Gasteiger partial charge in [0.05, 0.1) is 23.2 Å². The summed E-state index contributed by atoms with van der Waals surface area (Å²) in [6.07, 6.45) is 0. The first kappa shape index (κ1) is 17.4. The molecule has 0 saturated heterocycles. The van der Waals surface area contributed by atoms with Gasteiger partial charge in [0.25, 0.3) is 0 Å². The zero-order valence-corrected chi connectivity index (χ0v) is 14.3. The van der Waals surface area contributed by atoms with Crippen LogP contribution in [0.4, 0.5) is 0 Å². The standard InChI is InChI=1S/C16H13BrN4O3/c1-23-16-12(17)5-6-13(20-16)15(19)21-24-9-14(22)11-4-2-3-10(7-11)8-18/h2-7H,9H2,1H3,(H2,19,21). The number of hydrogen-bond donors (Lipinski definition) is 1. The number of nitrogens with two attached hydrogens (primary N) is 1. The number of oxime groups is 1. The fraction of sp³-hybridized carbons (Fsp3) is 0.125. The lowest BCUT2D eigenvalue weighted by Gasteiger charge is -2.05. The van der Waals surface area contributed by atoms with Crippen molar-refractivity contribution in [3.05, 3.63) is 57.7 Å². The van der Waals surface area contributed by atoms with Gasteiger partial charge in [0.2, 0.25) is 11.7 Å². The minimum absolute atomic E-state index is 0.0133.